The van der Waals surface area contributed by atoms with Gasteiger partial charge in [-0.15, -0.1) is 0 Å². The van der Waals surface area contributed by atoms with Crippen molar-refractivity contribution in [3.8, 4) is 0 Å². The molecule has 0 amide bonds. The molecule has 18 heavy (non-hydrogen) atoms. The quantitative estimate of drug-likeness (QED) is 0.809. The van der Waals surface area contributed by atoms with E-state index in [1.807, 2.05) is 12.1 Å². The zero-order chi connectivity index (χ0) is 12.6. The minimum absolute atomic E-state index is 0.239. The summed E-state index contributed by atoms with van der Waals surface area (Å²) in [6.07, 6.45) is 4.20. The number of rotatable bonds is 7. The van der Waals surface area contributed by atoms with Gasteiger partial charge in [0.15, 0.2) is 0 Å². The summed E-state index contributed by atoms with van der Waals surface area (Å²) in [7, 11) is 0. The lowest BCUT2D eigenvalue weighted by atomic mass is 10.0. The standard InChI is InChI=1S/C14H23NO3/c1-12(9-15-10-14-3-2-6-17-14)18-11-13-4-7-16-8-5-13/h2-3,6,12-13,15H,4-5,7-11H2,1H3. The highest BCUT2D eigenvalue weighted by atomic mass is 16.5. The molecule has 0 aliphatic carbocycles. The Morgan fingerprint density at radius 1 is 1.44 bits per heavy atom. The SMILES string of the molecule is CC(CNCc1ccco1)OCC1CCOCC1. The zero-order valence-electron chi connectivity index (χ0n) is 11.1. The molecule has 0 radical (unpaired) electrons. The molecule has 102 valence electrons. The van der Waals surface area contributed by atoms with Crippen LogP contribution in [0.25, 0.3) is 0 Å². The molecule has 1 fully saturated rings. The van der Waals surface area contributed by atoms with E-state index in [1.165, 1.54) is 0 Å². The third-order valence-corrected chi connectivity index (χ3v) is 3.27. The molecule has 0 bridgehead atoms. The number of nitrogens with one attached hydrogen (secondary N) is 1. The van der Waals surface area contributed by atoms with E-state index in [0.717, 1.165) is 51.5 Å². The maximum absolute atomic E-state index is 5.85. The van der Waals surface area contributed by atoms with Crippen molar-refractivity contribution < 1.29 is 13.9 Å². The van der Waals surface area contributed by atoms with Crippen molar-refractivity contribution in [2.45, 2.75) is 32.4 Å². The molecule has 0 saturated carbocycles. The van der Waals surface area contributed by atoms with Gasteiger partial charge in [-0.1, -0.05) is 0 Å². The molecule has 2 heterocycles. The van der Waals surface area contributed by atoms with Crippen molar-refractivity contribution in [1.29, 1.82) is 0 Å². The molecule has 0 aromatic carbocycles. The predicted octanol–water partition coefficient (Wildman–Crippen LogP) is 2.20. The molecule has 2 rings (SSSR count). The summed E-state index contributed by atoms with van der Waals surface area (Å²) in [6.45, 7) is 6.35. The first-order chi connectivity index (χ1) is 8.84. The van der Waals surface area contributed by atoms with Gasteiger partial charge in [-0.05, 0) is 37.8 Å². The lowest BCUT2D eigenvalue weighted by Crippen LogP contribution is -2.29. The summed E-state index contributed by atoms with van der Waals surface area (Å²) < 4.78 is 16.4. The Labute approximate surface area is 109 Å². The summed E-state index contributed by atoms with van der Waals surface area (Å²) in [4.78, 5) is 0. The molecular weight excluding hydrogens is 230 g/mol. The molecule has 1 atom stereocenters. The van der Waals surface area contributed by atoms with Crippen LogP contribution in [0, 0.1) is 5.92 Å². The second-order valence-corrected chi connectivity index (χ2v) is 4.91. The van der Waals surface area contributed by atoms with Gasteiger partial charge < -0.3 is 19.2 Å². The van der Waals surface area contributed by atoms with E-state index in [-0.39, 0.29) is 6.10 Å². The zero-order valence-corrected chi connectivity index (χ0v) is 11.1. The van der Waals surface area contributed by atoms with Gasteiger partial charge in [0.05, 0.1) is 18.9 Å². The van der Waals surface area contributed by atoms with Crippen LogP contribution in [0.2, 0.25) is 0 Å². The van der Waals surface area contributed by atoms with Gasteiger partial charge in [0.2, 0.25) is 0 Å². The highest BCUT2D eigenvalue weighted by Gasteiger charge is 2.15. The van der Waals surface area contributed by atoms with Crippen LogP contribution in [0.15, 0.2) is 22.8 Å². The van der Waals surface area contributed by atoms with E-state index in [2.05, 4.69) is 12.2 Å². The molecule has 4 heteroatoms. The van der Waals surface area contributed by atoms with Crippen molar-refractivity contribution in [2.75, 3.05) is 26.4 Å². The molecule has 1 aromatic rings. The van der Waals surface area contributed by atoms with Gasteiger partial charge in [0.25, 0.3) is 0 Å². The topological polar surface area (TPSA) is 43.6 Å². The molecule has 1 saturated heterocycles. The van der Waals surface area contributed by atoms with Crippen LogP contribution in [0.4, 0.5) is 0 Å². The van der Waals surface area contributed by atoms with E-state index < -0.39 is 0 Å². The van der Waals surface area contributed by atoms with Gasteiger partial charge in [0.1, 0.15) is 5.76 Å². The van der Waals surface area contributed by atoms with E-state index in [9.17, 15) is 0 Å². The van der Waals surface area contributed by atoms with Crippen LogP contribution >= 0.6 is 0 Å². The Morgan fingerprint density at radius 3 is 3.00 bits per heavy atom. The largest absolute Gasteiger partial charge is 0.468 e. The number of ether oxygens (including phenoxy) is 2. The molecule has 1 aromatic heterocycles. The molecule has 1 aliphatic rings. The van der Waals surface area contributed by atoms with Crippen molar-refractivity contribution in [2.24, 2.45) is 5.92 Å². The predicted molar refractivity (Wildman–Crippen MR) is 69.4 cm³/mol. The van der Waals surface area contributed by atoms with Gasteiger partial charge in [-0.3, -0.25) is 0 Å². The van der Waals surface area contributed by atoms with Crippen LogP contribution in [0.3, 0.4) is 0 Å². The van der Waals surface area contributed by atoms with Crippen LogP contribution in [0.5, 0.6) is 0 Å². The van der Waals surface area contributed by atoms with Crippen LogP contribution < -0.4 is 5.32 Å². The third-order valence-electron chi connectivity index (χ3n) is 3.27. The van der Waals surface area contributed by atoms with E-state index in [4.69, 9.17) is 13.9 Å². The fourth-order valence-electron chi connectivity index (χ4n) is 2.08. The minimum atomic E-state index is 0.239. The Balaban J connectivity index is 1.53. The fourth-order valence-corrected chi connectivity index (χ4v) is 2.08. The highest BCUT2D eigenvalue weighted by molar-refractivity contribution is 4.97. The molecule has 1 unspecified atom stereocenters. The van der Waals surface area contributed by atoms with Gasteiger partial charge in [0, 0.05) is 26.4 Å². The lowest BCUT2D eigenvalue weighted by molar-refractivity contribution is -0.00449. The Morgan fingerprint density at radius 2 is 2.28 bits per heavy atom. The average Bonchev–Trinajstić information content (AvgIpc) is 2.91. The smallest absolute Gasteiger partial charge is 0.117 e. The summed E-state index contributed by atoms with van der Waals surface area (Å²) >= 11 is 0. The Hall–Kier alpha value is -0.840. The van der Waals surface area contributed by atoms with E-state index >= 15 is 0 Å². The van der Waals surface area contributed by atoms with Crippen LogP contribution in [-0.2, 0) is 16.0 Å². The van der Waals surface area contributed by atoms with Crippen molar-refractivity contribution in [3.63, 3.8) is 0 Å². The van der Waals surface area contributed by atoms with E-state index in [0.29, 0.717) is 5.92 Å². The van der Waals surface area contributed by atoms with Gasteiger partial charge >= 0.3 is 0 Å². The third kappa shape index (κ3) is 4.80. The molecule has 0 spiro atoms. The first-order valence-corrected chi connectivity index (χ1v) is 6.77. The van der Waals surface area contributed by atoms with E-state index in [1.54, 1.807) is 6.26 Å². The maximum atomic E-state index is 5.85. The summed E-state index contributed by atoms with van der Waals surface area (Å²) in [5, 5.41) is 3.33. The van der Waals surface area contributed by atoms with Crippen molar-refractivity contribution >= 4 is 0 Å². The second kappa shape index (κ2) is 7.56. The fraction of sp³-hybridized carbons (Fsp3) is 0.714. The number of hydrogen-bond acceptors (Lipinski definition) is 4. The monoisotopic (exact) mass is 253 g/mol. The van der Waals surface area contributed by atoms with Gasteiger partial charge in [-0.2, -0.15) is 0 Å². The van der Waals surface area contributed by atoms with Crippen LogP contribution in [-0.4, -0.2) is 32.5 Å². The second-order valence-electron chi connectivity index (χ2n) is 4.91. The average molecular weight is 253 g/mol. The summed E-state index contributed by atoms with van der Waals surface area (Å²) in [6, 6.07) is 3.88. The molecular formula is C14H23NO3. The molecule has 1 N–H and O–H groups in total. The Kier molecular flexibility index (Phi) is 5.71. The Bertz CT molecular complexity index is 307. The highest BCUT2D eigenvalue weighted by Crippen LogP contribution is 2.15. The van der Waals surface area contributed by atoms with Crippen molar-refractivity contribution in [1.82, 2.24) is 5.32 Å². The summed E-state index contributed by atoms with van der Waals surface area (Å²) in [5.74, 6) is 1.64. The number of hydrogen-bond donors (Lipinski definition) is 1. The summed E-state index contributed by atoms with van der Waals surface area (Å²) in [5.41, 5.74) is 0. The normalized spacial score (nSPS) is 18.9. The number of furan rings is 1. The van der Waals surface area contributed by atoms with Gasteiger partial charge in [-0.25, -0.2) is 0 Å². The maximum Gasteiger partial charge on any atom is 0.117 e. The first-order valence-electron chi connectivity index (χ1n) is 6.77. The van der Waals surface area contributed by atoms with Crippen molar-refractivity contribution in [3.05, 3.63) is 24.2 Å². The molecule has 4 nitrogen and oxygen atoms in total. The van der Waals surface area contributed by atoms with Crippen LogP contribution in [0.1, 0.15) is 25.5 Å². The minimum Gasteiger partial charge on any atom is -0.468 e. The lowest BCUT2D eigenvalue weighted by Gasteiger charge is -2.23. The molecule has 1 aliphatic heterocycles. The first kappa shape index (κ1) is 13.6.